The molecule has 2 aromatic rings. The van der Waals surface area contributed by atoms with E-state index in [1.807, 2.05) is 24.3 Å². The summed E-state index contributed by atoms with van der Waals surface area (Å²) in [5.41, 5.74) is 1.33. The average Bonchev–Trinajstić information content (AvgIpc) is 2.53. The summed E-state index contributed by atoms with van der Waals surface area (Å²) in [6.45, 7) is 7.47. The van der Waals surface area contributed by atoms with Crippen LogP contribution in [0.2, 0.25) is 5.15 Å². The number of carbonyl (C=O) groups is 1. The number of carbonyl (C=O) groups excluding carboxylic acids is 1. The average molecular weight is 346 g/mol. The molecule has 1 amide bonds. The molecule has 2 unspecified atom stereocenters. The lowest BCUT2D eigenvalue weighted by atomic mass is 10.00. The molecule has 0 spiro atoms. The number of hydrogen-bond acceptors (Lipinski definition) is 3. The van der Waals surface area contributed by atoms with E-state index in [1.54, 1.807) is 6.07 Å². The highest BCUT2D eigenvalue weighted by atomic mass is 35.5. The predicted molar refractivity (Wildman–Crippen MR) is 98.5 cm³/mol. The summed E-state index contributed by atoms with van der Waals surface area (Å²) in [4.78, 5) is 19.4. The molecule has 4 nitrogen and oxygen atoms in total. The number of benzene rings is 1. The highest BCUT2D eigenvalue weighted by Crippen LogP contribution is 2.21. The molecule has 3 rings (SSSR count). The Morgan fingerprint density at radius 1 is 1.46 bits per heavy atom. The number of amides is 1. The predicted octanol–water partition coefficient (Wildman–Crippen LogP) is 3.74. The van der Waals surface area contributed by atoms with Crippen LogP contribution in [0, 0.1) is 5.92 Å². The van der Waals surface area contributed by atoms with Crippen molar-refractivity contribution in [2.45, 2.75) is 32.7 Å². The molecular weight excluding hydrogens is 322 g/mol. The van der Waals surface area contributed by atoms with E-state index in [0.717, 1.165) is 36.5 Å². The van der Waals surface area contributed by atoms with Crippen LogP contribution in [0.3, 0.4) is 0 Å². The number of aromatic nitrogens is 1. The van der Waals surface area contributed by atoms with Gasteiger partial charge < -0.3 is 10.2 Å². The number of likely N-dealkylation sites (tertiary alicyclic amines) is 1. The van der Waals surface area contributed by atoms with Crippen LogP contribution in [0.1, 0.15) is 37.0 Å². The minimum absolute atomic E-state index is 0.0898. The van der Waals surface area contributed by atoms with Crippen LogP contribution in [-0.4, -0.2) is 41.5 Å². The van der Waals surface area contributed by atoms with Gasteiger partial charge in [0, 0.05) is 24.5 Å². The minimum atomic E-state index is -0.0898. The van der Waals surface area contributed by atoms with Gasteiger partial charge in [-0.2, -0.15) is 0 Å². The van der Waals surface area contributed by atoms with Gasteiger partial charge in [-0.05, 0) is 44.4 Å². The molecule has 1 N–H and O–H groups in total. The number of piperidine rings is 1. The third kappa shape index (κ3) is 4.05. The Hall–Kier alpha value is -1.65. The zero-order valence-electron chi connectivity index (χ0n) is 14.3. The molecule has 2 atom stereocenters. The Morgan fingerprint density at radius 3 is 3.04 bits per heavy atom. The molecule has 0 aliphatic carbocycles. The van der Waals surface area contributed by atoms with Crippen LogP contribution in [0.5, 0.6) is 0 Å². The number of fused-ring (bicyclic) bond motifs is 1. The van der Waals surface area contributed by atoms with Crippen LogP contribution in [0.15, 0.2) is 30.3 Å². The maximum atomic E-state index is 12.7. The molecule has 1 aromatic carbocycles. The van der Waals surface area contributed by atoms with Gasteiger partial charge in [0.15, 0.2) is 0 Å². The number of hydrogen-bond donors (Lipinski definition) is 1. The van der Waals surface area contributed by atoms with Gasteiger partial charge in [-0.1, -0.05) is 36.7 Å². The number of nitrogens with one attached hydrogen (secondary N) is 1. The molecule has 1 aliphatic rings. The molecular formula is C19H24ClN3O. The lowest BCUT2D eigenvalue weighted by Gasteiger charge is -2.32. The second-order valence-electron chi connectivity index (χ2n) is 6.89. The summed E-state index contributed by atoms with van der Waals surface area (Å²) < 4.78 is 0. The van der Waals surface area contributed by atoms with Crippen LogP contribution >= 0.6 is 11.6 Å². The third-order valence-electron chi connectivity index (χ3n) is 4.58. The van der Waals surface area contributed by atoms with Crippen molar-refractivity contribution in [3.05, 3.63) is 41.0 Å². The van der Waals surface area contributed by atoms with Crippen LogP contribution in [0.25, 0.3) is 10.9 Å². The summed E-state index contributed by atoms with van der Waals surface area (Å²) in [7, 11) is 0. The fraction of sp³-hybridized carbons (Fsp3) is 0.474. The van der Waals surface area contributed by atoms with E-state index in [9.17, 15) is 4.79 Å². The van der Waals surface area contributed by atoms with Crippen molar-refractivity contribution in [3.63, 3.8) is 0 Å². The van der Waals surface area contributed by atoms with Crippen LogP contribution < -0.4 is 5.32 Å². The molecule has 2 heterocycles. The van der Waals surface area contributed by atoms with Gasteiger partial charge in [0.1, 0.15) is 5.15 Å². The maximum absolute atomic E-state index is 12.7. The summed E-state index contributed by atoms with van der Waals surface area (Å²) in [6.07, 6.45) is 2.55. The second-order valence-corrected chi connectivity index (χ2v) is 7.28. The normalized spacial score (nSPS) is 20.0. The summed E-state index contributed by atoms with van der Waals surface area (Å²) >= 11 is 6.08. The number of rotatable bonds is 4. The summed E-state index contributed by atoms with van der Waals surface area (Å²) in [6, 6.07) is 9.32. The number of para-hydroxylation sites is 1. The standard InChI is InChI=1S/C19H24ClN3O/c1-13-6-5-9-23(11-13)12-14(2)21-19(24)16-10-18(20)22-17-8-4-3-7-15(16)17/h3-4,7-8,10,13-14H,5-6,9,11-12H2,1-2H3,(H,21,24). The number of halogens is 1. The van der Waals surface area contributed by atoms with Crippen molar-refractivity contribution >= 4 is 28.4 Å². The van der Waals surface area contributed by atoms with Crippen LogP contribution in [-0.2, 0) is 0 Å². The number of nitrogens with zero attached hydrogens (tertiary/aromatic N) is 2. The first-order valence-corrected chi connectivity index (χ1v) is 8.99. The van der Waals surface area contributed by atoms with Crippen molar-refractivity contribution in [2.75, 3.05) is 19.6 Å². The molecule has 1 saturated heterocycles. The quantitative estimate of drug-likeness (QED) is 0.858. The Bertz CT molecular complexity index is 734. The smallest absolute Gasteiger partial charge is 0.252 e. The highest BCUT2D eigenvalue weighted by molar-refractivity contribution is 6.30. The van der Waals surface area contributed by atoms with Gasteiger partial charge >= 0.3 is 0 Å². The van der Waals surface area contributed by atoms with Gasteiger partial charge in [0.25, 0.3) is 5.91 Å². The van der Waals surface area contributed by atoms with E-state index in [1.165, 1.54) is 12.8 Å². The van der Waals surface area contributed by atoms with Crippen molar-refractivity contribution in [1.82, 2.24) is 15.2 Å². The van der Waals surface area contributed by atoms with Crippen molar-refractivity contribution in [3.8, 4) is 0 Å². The zero-order chi connectivity index (χ0) is 17.1. The summed E-state index contributed by atoms with van der Waals surface area (Å²) in [5, 5.41) is 4.29. The monoisotopic (exact) mass is 345 g/mol. The minimum Gasteiger partial charge on any atom is -0.348 e. The van der Waals surface area contributed by atoms with Gasteiger partial charge in [-0.15, -0.1) is 0 Å². The van der Waals surface area contributed by atoms with E-state index in [4.69, 9.17) is 11.6 Å². The van der Waals surface area contributed by atoms with Gasteiger partial charge in [-0.25, -0.2) is 4.98 Å². The van der Waals surface area contributed by atoms with Crippen molar-refractivity contribution in [1.29, 1.82) is 0 Å². The topological polar surface area (TPSA) is 45.2 Å². The van der Waals surface area contributed by atoms with Gasteiger partial charge in [0.2, 0.25) is 0 Å². The fourth-order valence-corrected chi connectivity index (χ4v) is 3.72. The summed E-state index contributed by atoms with van der Waals surface area (Å²) in [5.74, 6) is 0.651. The number of pyridine rings is 1. The molecule has 128 valence electrons. The molecule has 0 radical (unpaired) electrons. The Kier molecular flexibility index (Phi) is 5.36. The molecule has 24 heavy (non-hydrogen) atoms. The molecule has 1 aromatic heterocycles. The second kappa shape index (κ2) is 7.49. The highest BCUT2D eigenvalue weighted by Gasteiger charge is 2.20. The molecule has 5 heteroatoms. The third-order valence-corrected chi connectivity index (χ3v) is 4.77. The lowest BCUT2D eigenvalue weighted by Crippen LogP contribution is -2.45. The molecule has 0 bridgehead atoms. The Balaban J connectivity index is 1.70. The molecule has 1 fully saturated rings. The van der Waals surface area contributed by atoms with E-state index in [-0.39, 0.29) is 11.9 Å². The van der Waals surface area contributed by atoms with Crippen molar-refractivity contribution in [2.24, 2.45) is 5.92 Å². The first kappa shape index (κ1) is 17.2. The Labute approximate surface area is 148 Å². The first-order chi connectivity index (χ1) is 11.5. The SMILES string of the molecule is CC1CCCN(CC(C)NC(=O)c2cc(Cl)nc3ccccc23)C1. The fourth-order valence-electron chi connectivity index (χ4n) is 3.52. The van der Waals surface area contributed by atoms with Gasteiger partial charge in [-0.3, -0.25) is 4.79 Å². The van der Waals surface area contributed by atoms with E-state index in [0.29, 0.717) is 10.7 Å². The van der Waals surface area contributed by atoms with Crippen molar-refractivity contribution < 1.29 is 4.79 Å². The van der Waals surface area contributed by atoms with Crippen LogP contribution in [0.4, 0.5) is 0 Å². The first-order valence-electron chi connectivity index (χ1n) is 8.61. The molecule has 1 aliphatic heterocycles. The maximum Gasteiger partial charge on any atom is 0.252 e. The zero-order valence-corrected chi connectivity index (χ0v) is 15.0. The largest absolute Gasteiger partial charge is 0.348 e. The van der Waals surface area contributed by atoms with E-state index < -0.39 is 0 Å². The Morgan fingerprint density at radius 2 is 2.25 bits per heavy atom. The lowest BCUT2D eigenvalue weighted by molar-refractivity contribution is 0.0921. The molecule has 0 saturated carbocycles. The van der Waals surface area contributed by atoms with E-state index >= 15 is 0 Å². The van der Waals surface area contributed by atoms with Gasteiger partial charge in [0.05, 0.1) is 11.1 Å². The van der Waals surface area contributed by atoms with E-state index in [2.05, 4.69) is 29.0 Å².